The molecule has 5 heteroatoms. The molecule has 3 N–H and O–H groups in total. The molecule has 0 heterocycles. The second-order valence-electron chi connectivity index (χ2n) is 3.61. The molecule has 0 unspecified atom stereocenters. The van der Waals surface area contributed by atoms with E-state index >= 15 is 0 Å². The number of hydrogen-bond acceptors (Lipinski definition) is 2. The van der Waals surface area contributed by atoms with Crippen molar-refractivity contribution in [2.45, 2.75) is 0 Å². The van der Waals surface area contributed by atoms with Crippen LogP contribution in [0.5, 0.6) is 11.5 Å². The molecule has 0 atom stereocenters. The first kappa shape index (κ1) is 12.9. The number of benzene rings is 2. The fourth-order valence-corrected chi connectivity index (χ4v) is 1.86. The topological polar surface area (TPSA) is 59.1 Å². The van der Waals surface area contributed by atoms with Gasteiger partial charge in [0.1, 0.15) is 17.3 Å². The third kappa shape index (κ3) is 3.03. The van der Waals surface area contributed by atoms with E-state index in [1.165, 1.54) is 0 Å². The lowest BCUT2D eigenvalue weighted by atomic mass is 10.2. The van der Waals surface area contributed by atoms with Crippen molar-refractivity contribution >= 4 is 33.4 Å². The molecule has 2 rings (SSSR count). The highest BCUT2D eigenvalue weighted by Crippen LogP contribution is 2.30. The monoisotopic (exact) mass is 324 g/mol. The van der Waals surface area contributed by atoms with Crippen molar-refractivity contribution in [3.05, 3.63) is 57.5 Å². The summed E-state index contributed by atoms with van der Waals surface area (Å²) in [5, 5.41) is 7.74. The van der Waals surface area contributed by atoms with Gasteiger partial charge in [-0.1, -0.05) is 27.5 Å². The Labute approximate surface area is 118 Å². The van der Waals surface area contributed by atoms with Gasteiger partial charge in [-0.15, -0.1) is 0 Å². The number of nitrogen functional groups attached to an aromatic ring is 1. The van der Waals surface area contributed by atoms with Crippen LogP contribution in [-0.2, 0) is 0 Å². The maximum Gasteiger partial charge on any atom is 0.146 e. The Bertz CT molecular complexity index is 584. The first-order chi connectivity index (χ1) is 8.56. The van der Waals surface area contributed by atoms with E-state index in [0.717, 1.165) is 4.47 Å². The average Bonchev–Trinajstić information content (AvgIpc) is 2.34. The Hall–Kier alpha value is -1.52. The molecule has 0 radical (unpaired) electrons. The molecular formula is C13H10BrClN2O. The highest BCUT2D eigenvalue weighted by Gasteiger charge is 2.06. The Morgan fingerprint density at radius 2 is 1.83 bits per heavy atom. The lowest BCUT2D eigenvalue weighted by molar-refractivity contribution is 0.483. The van der Waals surface area contributed by atoms with E-state index in [4.69, 9.17) is 27.5 Å². The van der Waals surface area contributed by atoms with Gasteiger partial charge in [-0.05, 0) is 42.5 Å². The van der Waals surface area contributed by atoms with Crippen LogP contribution in [0.3, 0.4) is 0 Å². The van der Waals surface area contributed by atoms with Crippen LogP contribution in [0.25, 0.3) is 0 Å². The molecule has 0 saturated carbocycles. The second kappa shape index (κ2) is 5.42. The molecule has 0 aliphatic carbocycles. The summed E-state index contributed by atoms with van der Waals surface area (Å²) in [6, 6.07) is 12.4. The lowest BCUT2D eigenvalue weighted by Crippen LogP contribution is -2.10. The van der Waals surface area contributed by atoms with Crippen LogP contribution in [-0.4, -0.2) is 5.84 Å². The Morgan fingerprint density at radius 3 is 2.39 bits per heavy atom. The maximum absolute atomic E-state index is 7.32. The summed E-state index contributed by atoms with van der Waals surface area (Å²) in [4.78, 5) is 0. The van der Waals surface area contributed by atoms with Crippen molar-refractivity contribution in [2.24, 2.45) is 5.73 Å². The van der Waals surface area contributed by atoms with E-state index < -0.39 is 0 Å². The molecule has 2 aromatic rings. The fraction of sp³-hybridized carbons (Fsp3) is 0. The molecule has 2 aromatic carbocycles. The normalized spacial score (nSPS) is 10.1. The minimum Gasteiger partial charge on any atom is -0.456 e. The van der Waals surface area contributed by atoms with Crippen LogP contribution in [0.2, 0.25) is 5.02 Å². The first-order valence-electron chi connectivity index (χ1n) is 5.13. The molecular weight excluding hydrogens is 316 g/mol. The van der Waals surface area contributed by atoms with Gasteiger partial charge in [-0.25, -0.2) is 0 Å². The number of hydrogen-bond donors (Lipinski definition) is 2. The minimum atomic E-state index is -0.0212. The van der Waals surface area contributed by atoms with Crippen molar-refractivity contribution in [3.8, 4) is 11.5 Å². The highest BCUT2D eigenvalue weighted by atomic mass is 79.9. The van der Waals surface area contributed by atoms with Gasteiger partial charge < -0.3 is 10.5 Å². The van der Waals surface area contributed by atoms with E-state index in [1.807, 2.05) is 24.3 Å². The summed E-state index contributed by atoms with van der Waals surface area (Å²) in [7, 11) is 0. The zero-order chi connectivity index (χ0) is 13.1. The number of amidine groups is 1. The fourth-order valence-electron chi connectivity index (χ4n) is 1.38. The predicted molar refractivity (Wildman–Crippen MR) is 76.7 cm³/mol. The van der Waals surface area contributed by atoms with Crippen LogP contribution in [0.4, 0.5) is 0 Å². The minimum absolute atomic E-state index is 0.0212. The molecule has 0 aliphatic rings. The van der Waals surface area contributed by atoms with Crippen molar-refractivity contribution in [3.63, 3.8) is 0 Å². The second-order valence-corrected chi connectivity index (χ2v) is 4.94. The van der Waals surface area contributed by atoms with Gasteiger partial charge in [0, 0.05) is 10.0 Å². The van der Waals surface area contributed by atoms with Crippen LogP contribution < -0.4 is 10.5 Å². The zero-order valence-corrected chi connectivity index (χ0v) is 11.6. The van der Waals surface area contributed by atoms with Gasteiger partial charge >= 0.3 is 0 Å². The first-order valence-corrected chi connectivity index (χ1v) is 6.31. The zero-order valence-electron chi connectivity index (χ0n) is 9.28. The number of nitrogens with two attached hydrogens (primary N) is 1. The van der Waals surface area contributed by atoms with Crippen LogP contribution in [0.15, 0.2) is 46.9 Å². The third-order valence-electron chi connectivity index (χ3n) is 2.28. The Morgan fingerprint density at radius 1 is 1.17 bits per heavy atom. The van der Waals surface area contributed by atoms with Gasteiger partial charge in [0.25, 0.3) is 0 Å². The molecule has 0 amide bonds. The molecule has 18 heavy (non-hydrogen) atoms. The summed E-state index contributed by atoms with van der Waals surface area (Å²) >= 11 is 9.42. The third-order valence-corrected chi connectivity index (χ3v) is 3.11. The molecule has 0 saturated heterocycles. The quantitative estimate of drug-likeness (QED) is 0.657. The van der Waals surface area contributed by atoms with Crippen molar-refractivity contribution in [1.82, 2.24) is 0 Å². The number of rotatable bonds is 3. The summed E-state index contributed by atoms with van der Waals surface area (Å²) in [5.41, 5.74) is 5.95. The van der Waals surface area contributed by atoms with E-state index in [9.17, 15) is 0 Å². The standard InChI is InChI=1S/C13H10BrClN2O/c14-9-2-4-10(5-3-9)18-12-6-1-8(13(16)17)7-11(12)15/h1-7H,(H3,16,17). The van der Waals surface area contributed by atoms with E-state index in [2.05, 4.69) is 15.9 Å². The lowest BCUT2D eigenvalue weighted by Gasteiger charge is -2.08. The Kier molecular flexibility index (Phi) is 3.89. The highest BCUT2D eigenvalue weighted by molar-refractivity contribution is 9.10. The number of halogens is 2. The van der Waals surface area contributed by atoms with Gasteiger partial charge in [-0.2, -0.15) is 0 Å². The van der Waals surface area contributed by atoms with E-state index in [1.54, 1.807) is 18.2 Å². The Balaban J connectivity index is 2.24. The van der Waals surface area contributed by atoms with Crippen LogP contribution in [0.1, 0.15) is 5.56 Å². The van der Waals surface area contributed by atoms with E-state index in [0.29, 0.717) is 22.1 Å². The van der Waals surface area contributed by atoms with Crippen LogP contribution >= 0.6 is 27.5 Å². The average molecular weight is 326 g/mol. The number of nitrogens with one attached hydrogen (secondary N) is 1. The largest absolute Gasteiger partial charge is 0.456 e. The molecule has 0 fully saturated rings. The van der Waals surface area contributed by atoms with Crippen molar-refractivity contribution in [1.29, 1.82) is 5.41 Å². The molecule has 0 bridgehead atoms. The SMILES string of the molecule is N=C(N)c1ccc(Oc2ccc(Br)cc2)c(Cl)c1. The summed E-state index contributed by atoms with van der Waals surface area (Å²) in [6.07, 6.45) is 0. The molecule has 0 aromatic heterocycles. The molecule has 92 valence electrons. The van der Waals surface area contributed by atoms with Gasteiger partial charge in [0.15, 0.2) is 0 Å². The van der Waals surface area contributed by atoms with Gasteiger partial charge in [0.05, 0.1) is 5.02 Å². The summed E-state index contributed by atoms with van der Waals surface area (Å²) in [6.45, 7) is 0. The maximum atomic E-state index is 7.32. The van der Waals surface area contributed by atoms with Crippen molar-refractivity contribution < 1.29 is 4.74 Å². The molecule has 0 spiro atoms. The van der Waals surface area contributed by atoms with Gasteiger partial charge in [0.2, 0.25) is 0 Å². The van der Waals surface area contributed by atoms with Gasteiger partial charge in [-0.3, -0.25) is 5.41 Å². The summed E-state index contributed by atoms with van der Waals surface area (Å²) in [5.74, 6) is 1.20. The van der Waals surface area contributed by atoms with Crippen LogP contribution in [0, 0.1) is 5.41 Å². The predicted octanol–water partition coefficient (Wildman–Crippen LogP) is 4.18. The number of ether oxygens (including phenoxy) is 1. The molecule has 0 aliphatic heterocycles. The molecule has 3 nitrogen and oxygen atoms in total. The smallest absolute Gasteiger partial charge is 0.146 e. The van der Waals surface area contributed by atoms with Crippen molar-refractivity contribution in [2.75, 3.05) is 0 Å². The van der Waals surface area contributed by atoms with E-state index in [-0.39, 0.29) is 5.84 Å². The summed E-state index contributed by atoms with van der Waals surface area (Å²) < 4.78 is 6.61.